The lowest BCUT2D eigenvalue weighted by Gasteiger charge is -2.17. The Hall–Kier alpha value is -2.17. The molecule has 0 saturated carbocycles. The van der Waals surface area contributed by atoms with Gasteiger partial charge in [-0.3, -0.25) is 4.79 Å². The summed E-state index contributed by atoms with van der Waals surface area (Å²) in [6, 6.07) is 9.74. The van der Waals surface area contributed by atoms with Crippen molar-refractivity contribution in [1.82, 2.24) is 14.8 Å². The first-order chi connectivity index (χ1) is 8.27. The summed E-state index contributed by atoms with van der Waals surface area (Å²) in [5.74, 6) is -0.793. The van der Waals surface area contributed by atoms with Crippen molar-refractivity contribution in [3.05, 3.63) is 48.5 Å². The topological polar surface area (TPSA) is 68.0 Å². The third-order valence-electron chi connectivity index (χ3n) is 2.61. The summed E-state index contributed by atoms with van der Waals surface area (Å²) in [7, 11) is 0. The normalized spacial score (nSPS) is 12.2. The molecule has 1 heterocycles. The number of rotatable bonds is 5. The fraction of sp³-hybridized carbons (Fsp3) is 0.250. The van der Waals surface area contributed by atoms with Gasteiger partial charge in [-0.05, 0) is 12.0 Å². The Balaban J connectivity index is 2.22. The maximum absolute atomic E-state index is 10.7. The van der Waals surface area contributed by atoms with Crippen LogP contribution in [-0.4, -0.2) is 25.8 Å². The number of carboxylic acid groups (broad SMARTS) is 1. The van der Waals surface area contributed by atoms with Crippen molar-refractivity contribution in [3.63, 3.8) is 0 Å². The van der Waals surface area contributed by atoms with Crippen LogP contribution in [0.2, 0.25) is 0 Å². The lowest BCUT2D eigenvalue weighted by atomic mass is 10.0. The fourth-order valence-electron chi connectivity index (χ4n) is 1.79. The van der Waals surface area contributed by atoms with Crippen molar-refractivity contribution < 1.29 is 9.90 Å². The molecule has 0 bridgehead atoms. The highest BCUT2D eigenvalue weighted by Crippen LogP contribution is 2.22. The van der Waals surface area contributed by atoms with Crippen LogP contribution in [-0.2, 0) is 4.79 Å². The molecule has 0 aliphatic carbocycles. The molecule has 2 aromatic rings. The van der Waals surface area contributed by atoms with Crippen molar-refractivity contribution >= 4 is 5.97 Å². The van der Waals surface area contributed by atoms with Gasteiger partial charge < -0.3 is 9.67 Å². The van der Waals surface area contributed by atoms with E-state index in [9.17, 15) is 4.79 Å². The Morgan fingerprint density at radius 2 is 1.88 bits per heavy atom. The van der Waals surface area contributed by atoms with E-state index in [4.69, 9.17) is 5.11 Å². The van der Waals surface area contributed by atoms with Gasteiger partial charge in [-0.25, -0.2) is 0 Å². The SMILES string of the molecule is O=C(O)CCC(c1ccccc1)n1cnnc1. The van der Waals surface area contributed by atoms with Gasteiger partial charge in [0.1, 0.15) is 12.7 Å². The zero-order valence-corrected chi connectivity index (χ0v) is 9.23. The van der Waals surface area contributed by atoms with Crippen LogP contribution in [0.25, 0.3) is 0 Å². The van der Waals surface area contributed by atoms with Gasteiger partial charge in [0, 0.05) is 6.42 Å². The summed E-state index contributed by atoms with van der Waals surface area (Å²) in [6.45, 7) is 0. The van der Waals surface area contributed by atoms with E-state index in [1.165, 1.54) is 0 Å². The molecule has 0 aliphatic rings. The third-order valence-corrected chi connectivity index (χ3v) is 2.61. The van der Waals surface area contributed by atoms with E-state index >= 15 is 0 Å². The van der Waals surface area contributed by atoms with Crippen molar-refractivity contribution in [2.24, 2.45) is 0 Å². The smallest absolute Gasteiger partial charge is 0.303 e. The molecule has 5 nitrogen and oxygen atoms in total. The number of carbonyl (C=O) groups is 1. The van der Waals surface area contributed by atoms with E-state index in [0.717, 1.165) is 5.56 Å². The molecular formula is C12H13N3O2. The van der Waals surface area contributed by atoms with Crippen molar-refractivity contribution in [2.45, 2.75) is 18.9 Å². The molecule has 0 radical (unpaired) electrons. The minimum atomic E-state index is -0.793. The molecule has 0 amide bonds. The van der Waals surface area contributed by atoms with Crippen LogP contribution in [0.15, 0.2) is 43.0 Å². The van der Waals surface area contributed by atoms with Gasteiger partial charge >= 0.3 is 5.97 Å². The molecule has 1 aromatic carbocycles. The fourth-order valence-corrected chi connectivity index (χ4v) is 1.79. The molecule has 0 aliphatic heterocycles. The van der Waals surface area contributed by atoms with Crippen molar-refractivity contribution in [1.29, 1.82) is 0 Å². The van der Waals surface area contributed by atoms with E-state index in [1.54, 1.807) is 12.7 Å². The zero-order chi connectivity index (χ0) is 12.1. The number of benzene rings is 1. The maximum Gasteiger partial charge on any atom is 0.303 e. The molecule has 1 N–H and O–H groups in total. The van der Waals surface area contributed by atoms with Gasteiger partial charge in [0.05, 0.1) is 6.04 Å². The minimum absolute atomic E-state index is 0.0256. The largest absolute Gasteiger partial charge is 0.481 e. The molecule has 2 rings (SSSR count). The van der Waals surface area contributed by atoms with E-state index < -0.39 is 5.97 Å². The van der Waals surface area contributed by atoms with Gasteiger partial charge in [-0.1, -0.05) is 30.3 Å². The third kappa shape index (κ3) is 2.90. The van der Waals surface area contributed by atoms with Gasteiger partial charge in [-0.15, -0.1) is 10.2 Å². The number of hydrogen-bond acceptors (Lipinski definition) is 3. The Morgan fingerprint density at radius 1 is 1.24 bits per heavy atom. The quantitative estimate of drug-likeness (QED) is 0.850. The standard InChI is InChI=1S/C12H13N3O2/c16-12(17)7-6-11(15-8-13-14-9-15)10-4-2-1-3-5-10/h1-5,8-9,11H,6-7H2,(H,16,17). The molecule has 0 spiro atoms. The number of carboxylic acids is 1. The van der Waals surface area contributed by atoms with Crippen LogP contribution in [0.3, 0.4) is 0 Å². The Labute approximate surface area is 98.7 Å². The first kappa shape index (κ1) is 11.3. The van der Waals surface area contributed by atoms with Crippen LogP contribution in [0.1, 0.15) is 24.4 Å². The van der Waals surface area contributed by atoms with E-state index in [-0.39, 0.29) is 12.5 Å². The van der Waals surface area contributed by atoms with E-state index in [1.807, 2.05) is 34.9 Å². The number of aliphatic carboxylic acids is 1. The predicted molar refractivity (Wildman–Crippen MR) is 61.5 cm³/mol. The number of nitrogens with zero attached hydrogens (tertiary/aromatic N) is 3. The Bertz CT molecular complexity index is 468. The second kappa shape index (κ2) is 5.25. The van der Waals surface area contributed by atoms with Gasteiger partial charge in [-0.2, -0.15) is 0 Å². The molecule has 17 heavy (non-hydrogen) atoms. The summed E-state index contributed by atoms with van der Waals surface area (Å²) in [4.78, 5) is 10.7. The number of hydrogen-bond donors (Lipinski definition) is 1. The highest BCUT2D eigenvalue weighted by molar-refractivity contribution is 5.66. The first-order valence-electron chi connectivity index (χ1n) is 5.38. The molecule has 1 atom stereocenters. The minimum Gasteiger partial charge on any atom is -0.481 e. The second-order valence-corrected chi connectivity index (χ2v) is 3.77. The summed E-state index contributed by atoms with van der Waals surface area (Å²) in [5, 5.41) is 16.3. The first-order valence-corrected chi connectivity index (χ1v) is 5.38. The van der Waals surface area contributed by atoms with Crippen molar-refractivity contribution in [3.8, 4) is 0 Å². The average molecular weight is 231 g/mol. The molecule has 88 valence electrons. The summed E-state index contributed by atoms with van der Waals surface area (Å²) in [6.07, 6.45) is 3.87. The summed E-state index contributed by atoms with van der Waals surface area (Å²) >= 11 is 0. The van der Waals surface area contributed by atoms with Crippen LogP contribution >= 0.6 is 0 Å². The molecule has 1 unspecified atom stereocenters. The van der Waals surface area contributed by atoms with Gasteiger partial charge in [0.25, 0.3) is 0 Å². The predicted octanol–water partition coefficient (Wildman–Crippen LogP) is 1.73. The summed E-state index contributed by atoms with van der Waals surface area (Å²) < 4.78 is 1.83. The van der Waals surface area contributed by atoms with Gasteiger partial charge in [0.15, 0.2) is 0 Å². The van der Waals surface area contributed by atoms with Gasteiger partial charge in [0.2, 0.25) is 0 Å². The Morgan fingerprint density at radius 3 is 2.47 bits per heavy atom. The van der Waals surface area contributed by atoms with E-state index in [2.05, 4.69) is 10.2 Å². The Kier molecular flexibility index (Phi) is 3.49. The maximum atomic E-state index is 10.7. The van der Waals surface area contributed by atoms with E-state index in [0.29, 0.717) is 6.42 Å². The van der Waals surface area contributed by atoms with Crippen molar-refractivity contribution in [2.75, 3.05) is 0 Å². The molecule has 0 saturated heterocycles. The van der Waals surface area contributed by atoms with Crippen LogP contribution < -0.4 is 0 Å². The van der Waals surface area contributed by atoms with Crippen LogP contribution in [0.5, 0.6) is 0 Å². The molecule has 1 aromatic heterocycles. The van der Waals surface area contributed by atoms with Crippen LogP contribution in [0.4, 0.5) is 0 Å². The highest BCUT2D eigenvalue weighted by Gasteiger charge is 2.14. The number of aromatic nitrogens is 3. The monoisotopic (exact) mass is 231 g/mol. The second-order valence-electron chi connectivity index (χ2n) is 3.77. The lowest BCUT2D eigenvalue weighted by molar-refractivity contribution is -0.137. The summed E-state index contributed by atoms with van der Waals surface area (Å²) in [5.41, 5.74) is 1.06. The average Bonchev–Trinajstić information content (AvgIpc) is 2.84. The molecule has 5 heteroatoms. The molecule has 0 fully saturated rings. The van der Waals surface area contributed by atoms with Crippen LogP contribution in [0, 0.1) is 0 Å². The zero-order valence-electron chi connectivity index (χ0n) is 9.23. The molecular weight excluding hydrogens is 218 g/mol. The lowest BCUT2D eigenvalue weighted by Crippen LogP contribution is -2.11. The highest BCUT2D eigenvalue weighted by atomic mass is 16.4.